The number of rotatable bonds is 5. The van der Waals surface area contributed by atoms with E-state index in [1.165, 1.54) is 16.9 Å². The molecule has 1 heterocycles. The third-order valence-corrected chi connectivity index (χ3v) is 2.71. The number of nitrogens with zero attached hydrogens (tertiary/aromatic N) is 2. The van der Waals surface area contributed by atoms with Gasteiger partial charge in [0, 0.05) is 0 Å². The van der Waals surface area contributed by atoms with E-state index in [4.69, 9.17) is 4.74 Å². The number of hydrogen-bond donors (Lipinski definition) is 1. The molecule has 6 heteroatoms. The van der Waals surface area contributed by atoms with E-state index in [0.717, 1.165) is 0 Å². The van der Waals surface area contributed by atoms with Gasteiger partial charge in [-0.05, 0) is 26.0 Å². The van der Waals surface area contributed by atoms with E-state index in [1.54, 1.807) is 38.2 Å². The number of para-hydroxylation sites is 1. The van der Waals surface area contributed by atoms with Crippen molar-refractivity contribution in [1.82, 2.24) is 9.78 Å². The second-order valence-corrected chi connectivity index (χ2v) is 4.24. The van der Waals surface area contributed by atoms with Crippen molar-refractivity contribution < 1.29 is 13.9 Å². The van der Waals surface area contributed by atoms with Gasteiger partial charge in [-0.15, -0.1) is 0 Å². The Balaban J connectivity index is 2.10. The van der Waals surface area contributed by atoms with Crippen LogP contribution in [0.15, 0.2) is 36.7 Å². The van der Waals surface area contributed by atoms with Crippen molar-refractivity contribution in [2.75, 3.05) is 11.9 Å². The lowest BCUT2D eigenvalue weighted by atomic mass is 10.3. The molecule has 5 nitrogen and oxygen atoms in total. The number of esters is 1. The maximum Gasteiger partial charge on any atom is 0.328 e. The first-order chi connectivity index (χ1) is 9.61. The highest BCUT2D eigenvalue weighted by Gasteiger charge is 2.14. The van der Waals surface area contributed by atoms with Gasteiger partial charge in [0.1, 0.15) is 17.5 Å². The minimum atomic E-state index is -0.492. The number of anilines is 1. The van der Waals surface area contributed by atoms with Crippen LogP contribution in [0.25, 0.3) is 5.69 Å². The molecule has 0 saturated heterocycles. The van der Waals surface area contributed by atoms with E-state index in [-0.39, 0.29) is 11.8 Å². The summed E-state index contributed by atoms with van der Waals surface area (Å²) in [5.74, 6) is -0.702. The number of aromatic nitrogens is 2. The van der Waals surface area contributed by atoms with E-state index in [1.807, 2.05) is 0 Å². The Labute approximate surface area is 116 Å². The van der Waals surface area contributed by atoms with E-state index >= 15 is 0 Å². The molecular weight excluding hydrogens is 261 g/mol. The Bertz CT molecular complexity index is 598. The average molecular weight is 277 g/mol. The number of benzene rings is 1. The molecule has 106 valence electrons. The minimum absolute atomic E-state index is 0.333. The zero-order valence-corrected chi connectivity index (χ0v) is 11.3. The topological polar surface area (TPSA) is 56.1 Å². The molecular formula is C14H16FN3O2. The Morgan fingerprint density at radius 2 is 2.25 bits per heavy atom. The van der Waals surface area contributed by atoms with Gasteiger partial charge in [0.25, 0.3) is 0 Å². The Morgan fingerprint density at radius 1 is 1.50 bits per heavy atom. The van der Waals surface area contributed by atoms with Gasteiger partial charge in [0.05, 0.1) is 24.7 Å². The zero-order chi connectivity index (χ0) is 14.5. The lowest BCUT2D eigenvalue weighted by molar-refractivity contribution is -0.143. The fourth-order valence-electron chi connectivity index (χ4n) is 1.74. The molecule has 2 rings (SSSR count). The van der Waals surface area contributed by atoms with Gasteiger partial charge < -0.3 is 10.1 Å². The van der Waals surface area contributed by atoms with Crippen molar-refractivity contribution in [2.24, 2.45) is 0 Å². The Kier molecular flexibility index (Phi) is 4.34. The summed E-state index contributed by atoms with van der Waals surface area (Å²) in [4.78, 5) is 11.5. The summed E-state index contributed by atoms with van der Waals surface area (Å²) in [5.41, 5.74) is 0.971. The van der Waals surface area contributed by atoms with Gasteiger partial charge in [0.15, 0.2) is 0 Å². The summed E-state index contributed by atoms with van der Waals surface area (Å²) in [7, 11) is 0. The zero-order valence-electron chi connectivity index (χ0n) is 11.3. The van der Waals surface area contributed by atoms with E-state index in [2.05, 4.69) is 10.4 Å². The van der Waals surface area contributed by atoms with E-state index < -0.39 is 6.04 Å². The quantitative estimate of drug-likeness (QED) is 0.852. The van der Waals surface area contributed by atoms with Gasteiger partial charge in [0.2, 0.25) is 0 Å². The summed E-state index contributed by atoms with van der Waals surface area (Å²) in [6, 6.07) is 5.85. The smallest absolute Gasteiger partial charge is 0.328 e. The van der Waals surface area contributed by atoms with Gasteiger partial charge in [-0.1, -0.05) is 12.1 Å². The maximum atomic E-state index is 13.6. The number of carbonyl (C=O) groups is 1. The molecule has 0 aliphatic carbocycles. The molecule has 1 atom stereocenters. The number of halogens is 1. The largest absolute Gasteiger partial charge is 0.464 e. The van der Waals surface area contributed by atoms with Crippen LogP contribution in [0.3, 0.4) is 0 Å². The van der Waals surface area contributed by atoms with Crippen LogP contribution in [0.1, 0.15) is 13.8 Å². The summed E-state index contributed by atoms with van der Waals surface area (Å²) in [5, 5.41) is 7.02. The third-order valence-electron chi connectivity index (χ3n) is 2.71. The van der Waals surface area contributed by atoms with Crippen LogP contribution >= 0.6 is 0 Å². The van der Waals surface area contributed by atoms with E-state index in [0.29, 0.717) is 18.0 Å². The van der Waals surface area contributed by atoms with Crippen LogP contribution in [0, 0.1) is 5.82 Å². The van der Waals surface area contributed by atoms with Crippen LogP contribution < -0.4 is 5.32 Å². The SMILES string of the molecule is CCOC(=O)[C@H](C)Nc1cnn(-c2ccccc2F)c1. The first kappa shape index (κ1) is 14.0. The monoisotopic (exact) mass is 277 g/mol. The molecule has 1 N–H and O–H groups in total. The predicted octanol–water partition coefficient (Wildman–Crippen LogP) is 2.37. The van der Waals surface area contributed by atoms with Crippen LogP contribution in [0.5, 0.6) is 0 Å². The first-order valence-corrected chi connectivity index (χ1v) is 6.34. The Morgan fingerprint density at radius 3 is 2.95 bits per heavy atom. The van der Waals surface area contributed by atoms with Crippen molar-refractivity contribution >= 4 is 11.7 Å². The van der Waals surface area contributed by atoms with Crippen LogP contribution in [0.4, 0.5) is 10.1 Å². The van der Waals surface area contributed by atoms with Gasteiger partial charge in [-0.2, -0.15) is 5.10 Å². The maximum absolute atomic E-state index is 13.6. The van der Waals surface area contributed by atoms with Gasteiger partial charge in [-0.3, -0.25) is 0 Å². The number of hydrogen-bond acceptors (Lipinski definition) is 4. The Hall–Kier alpha value is -2.37. The molecule has 0 bridgehead atoms. The molecule has 0 aliphatic heterocycles. The summed E-state index contributed by atoms with van der Waals surface area (Å²) >= 11 is 0. The normalized spacial score (nSPS) is 11.9. The minimum Gasteiger partial charge on any atom is -0.464 e. The number of nitrogens with one attached hydrogen (secondary N) is 1. The molecule has 0 saturated carbocycles. The average Bonchev–Trinajstić information content (AvgIpc) is 2.87. The van der Waals surface area contributed by atoms with Gasteiger partial charge in [-0.25, -0.2) is 13.9 Å². The highest BCUT2D eigenvalue weighted by Crippen LogP contribution is 2.15. The molecule has 0 spiro atoms. The molecule has 1 aromatic carbocycles. The van der Waals surface area contributed by atoms with Crippen molar-refractivity contribution in [1.29, 1.82) is 0 Å². The predicted molar refractivity (Wildman–Crippen MR) is 73.2 cm³/mol. The highest BCUT2D eigenvalue weighted by molar-refractivity contribution is 5.78. The van der Waals surface area contributed by atoms with Crippen molar-refractivity contribution in [3.8, 4) is 5.69 Å². The van der Waals surface area contributed by atoms with Crippen molar-refractivity contribution in [3.63, 3.8) is 0 Å². The second-order valence-electron chi connectivity index (χ2n) is 4.24. The van der Waals surface area contributed by atoms with Gasteiger partial charge >= 0.3 is 5.97 Å². The standard InChI is InChI=1S/C14H16FN3O2/c1-3-20-14(19)10(2)17-11-8-16-18(9-11)13-7-5-4-6-12(13)15/h4-10,17H,3H2,1-2H3/t10-/m0/s1. The van der Waals surface area contributed by atoms with Crippen molar-refractivity contribution in [3.05, 3.63) is 42.5 Å². The molecule has 0 amide bonds. The summed E-state index contributed by atoms with van der Waals surface area (Å²) in [6.07, 6.45) is 3.15. The van der Waals surface area contributed by atoms with Crippen molar-refractivity contribution in [2.45, 2.75) is 19.9 Å². The van der Waals surface area contributed by atoms with Crippen LogP contribution in [-0.4, -0.2) is 28.4 Å². The second kappa shape index (κ2) is 6.18. The number of ether oxygens (including phenoxy) is 1. The fraction of sp³-hybridized carbons (Fsp3) is 0.286. The van der Waals surface area contributed by atoms with Crippen LogP contribution in [-0.2, 0) is 9.53 Å². The molecule has 2 aromatic rings. The third kappa shape index (κ3) is 3.14. The summed E-state index contributed by atoms with van der Waals surface area (Å²) in [6.45, 7) is 3.78. The first-order valence-electron chi connectivity index (χ1n) is 6.34. The molecule has 0 unspecified atom stereocenters. The highest BCUT2D eigenvalue weighted by atomic mass is 19.1. The summed E-state index contributed by atoms with van der Waals surface area (Å²) < 4.78 is 19.9. The van der Waals surface area contributed by atoms with Crippen LogP contribution in [0.2, 0.25) is 0 Å². The molecule has 20 heavy (non-hydrogen) atoms. The number of carbonyl (C=O) groups excluding carboxylic acids is 1. The lowest BCUT2D eigenvalue weighted by Gasteiger charge is -2.11. The lowest BCUT2D eigenvalue weighted by Crippen LogP contribution is -2.27. The molecule has 0 aliphatic rings. The fourth-order valence-corrected chi connectivity index (χ4v) is 1.74. The van der Waals surface area contributed by atoms with E-state index in [9.17, 15) is 9.18 Å². The molecule has 0 radical (unpaired) electrons. The molecule has 0 fully saturated rings. The molecule has 1 aromatic heterocycles.